The minimum atomic E-state index is -2.66. The van der Waals surface area contributed by atoms with E-state index >= 15 is 0 Å². The number of furan rings is 1. The first-order valence-electron chi connectivity index (χ1n) is 16.2. The van der Waals surface area contributed by atoms with Gasteiger partial charge in [0.25, 0.3) is 0 Å². The van der Waals surface area contributed by atoms with Gasteiger partial charge in [0.15, 0.2) is 11.9 Å². The number of cyclic esters (lactones) is 1. The minimum absolute atomic E-state index is 0.0354. The number of ether oxygens (including phenoxy) is 6. The molecule has 15 heteroatoms. The summed E-state index contributed by atoms with van der Waals surface area (Å²) >= 11 is 0. The molecule has 3 aliphatic heterocycles. The van der Waals surface area contributed by atoms with E-state index in [1.807, 2.05) is 0 Å². The zero-order chi connectivity index (χ0) is 34.8. The Labute approximate surface area is 274 Å². The van der Waals surface area contributed by atoms with Gasteiger partial charge in [0.05, 0.1) is 24.0 Å². The van der Waals surface area contributed by atoms with Crippen molar-refractivity contribution in [1.82, 2.24) is 0 Å². The SMILES string of the molecule is CC(=O)O[C@@H](c1ccoc1)[C@@]1(C)[C@H]2CC3(C)O[C@@H]4[C@@]5(OC(C)=O)[C@@H](OC(C)=O)[C@]6(C)C[C@@]5(O)[C@]5(COC(=O)C[C@@H]65)[C@@](O)([C@H](O)[C@@H]1O)[C@@]24O3. The average Bonchev–Trinajstić information content (AvgIpc) is 3.77. The van der Waals surface area contributed by atoms with Crippen LogP contribution in [-0.2, 0) is 47.6 Å². The lowest BCUT2D eigenvalue weighted by molar-refractivity contribution is -0.450. The van der Waals surface area contributed by atoms with E-state index in [-0.39, 0.29) is 19.3 Å². The molecule has 15 atom stereocenters. The zero-order valence-corrected chi connectivity index (χ0v) is 27.4. The van der Waals surface area contributed by atoms with Crippen LogP contribution in [0.5, 0.6) is 0 Å². The summed E-state index contributed by atoms with van der Waals surface area (Å²) in [5.74, 6) is -6.74. The molecule has 8 rings (SSSR count). The highest BCUT2D eigenvalue weighted by Crippen LogP contribution is 2.87. The number of carbonyl (C=O) groups excluding carboxylic acids is 4. The molecular weight excluding hydrogens is 636 g/mol. The molecule has 4 saturated carbocycles. The van der Waals surface area contributed by atoms with E-state index in [4.69, 9.17) is 32.8 Å². The molecule has 1 unspecified atom stereocenters. The molecule has 7 fully saturated rings. The van der Waals surface area contributed by atoms with Crippen molar-refractivity contribution in [3.63, 3.8) is 0 Å². The molecule has 4 heterocycles. The van der Waals surface area contributed by atoms with E-state index in [9.17, 15) is 39.6 Å². The Balaban J connectivity index is 1.48. The van der Waals surface area contributed by atoms with Crippen LogP contribution < -0.4 is 0 Å². The number of carbonyl (C=O) groups is 4. The molecule has 1 aromatic rings. The Morgan fingerprint density at radius 2 is 1.71 bits per heavy atom. The van der Waals surface area contributed by atoms with Gasteiger partial charge >= 0.3 is 23.9 Å². The molecule has 1 aromatic heterocycles. The van der Waals surface area contributed by atoms with E-state index in [0.717, 1.165) is 13.8 Å². The first kappa shape index (κ1) is 32.1. The Morgan fingerprint density at radius 3 is 2.31 bits per heavy atom. The Hall–Kier alpha value is -3.08. The summed E-state index contributed by atoms with van der Waals surface area (Å²) in [6.07, 6.45) is -6.35. The van der Waals surface area contributed by atoms with Crippen LogP contribution >= 0.6 is 0 Å². The normalized spacial score (nSPS) is 54.2. The van der Waals surface area contributed by atoms with Crippen molar-refractivity contribution in [1.29, 1.82) is 0 Å². The highest BCUT2D eigenvalue weighted by Gasteiger charge is 3.04. The van der Waals surface area contributed by atoms with Crippen LogP contribution in [-0.4, -0.2) is 104 Å². The second-order valence-electron chi connectivity index (χ2n) is 15.7. The van der Waals surface area contributed by atoms with Crippen LogP contribution in [0.25, 0.3) is 0 Å². The van der Waals surface area contributed by atoms with Crippen LogP contribution in [0.1, 0.15) is 72.5 Å². The van der Waals surface area contributed by atoms with E-state index in [1.54, 1.807) is 26.8 Å². The van der Waals surface area contributed by atoms with Crippen LogP contribution in [0.3, 0.4) is 0 Å². The van der Waals surface area contributed by atoms with Crippen LogP contribution in [0.4, 0.5) is 0 Å². The van der Waals surface area contributed by atoms with Crippen molar-refractivity contribution in [3.05, 3.63) is 24.2 Å². The molecule has 2 spiro atoms. The van der Waals surface area contributed by atoms with Crippen molar-refractivity contribution < 1.29 is 72.4 Å². The number of hydrogen-bond donors (Lipinski definition) is 4. The van der Waals surface area contributed by atoms with Crippen molar-refractivity contribution in [2.75, 3.05) is 6.61 Å². The third kappa shape index (κ3) is 2.99. The molecule has 15 nitrogen and oxygen atoms in total. The highest BCUT2D eigenvalue weighted by atomic mass is 16.8. The molecule has 0 aromatic carbocycles. The second-order valence-corrected chi connectivity index (χ2v) is 15.7. The summed E-state index contributed by atoms with van der Waals surface area (Å²) in [6.45, 7) is 7.64. The molecule has 48 heavy (non-hydrogen) atoms. The molecule has 4 aliphatic carbocycles. The van der Waals surface area contributed by atoms with E-state index in [2.05, 4.69) is 0 Å². The van der Waals surface area contributed by atoms with Crippen LogP contribution in [0.15, 0.2) is 23.0 Å². The van der Waals surface area contributed by atoms with Gasteiger partial charge in [0, 0.05) is 55.9 Å². The van der Waals surface area contributed by atoms with E-state index in [1.165, 1.54) is 19.5 Å². The molecule has 262 valence electrons. The van der Waals surface area contributed by atoms with Crippen molar-refractivity contribution >= 4 is 23.9 Å². The summed E-state index contributed by atoms with van der Waals surface area (Å²) in [4.78, 5) is 51.7. The van der Waals surface area contributed by atoms with E-state index in [0.29, 0.717) is 5.56 Å². The fraction of sp³-hybridized carbons (Fsp3) is 0.758. The van der Waals surface area contributed by atoms with Gasteiger partial charge in [0.2, 0.25) is 5.60 Å². The lowest BCUT2D eigenvalue weighted by Gasteiger charge is -2.77. The second kappa shape index (κ2) is 8.98. The monoisotopic (exact) mass is 676 g/mol. The number of fused-ring (bicyclic) bond motifs is 4. The first-order valence-corrected chi connectivity index (χ1v) is 16.2. The van der Waals surface area contributed by atoms with Gasteiger partial charge in [-0.2, -0.15) is 0 Å². The third-order valence-corrected chi connectivity index (χ3v) is 13.5. The highest BCUT2D eigenvalue weighted by molar-refractivity contribution is 5.74. The van der Waals surface area contributed by atoms with E-state index < -0.39 is 117 Å². The summed E-state index contributed by atoms with van der Waals surface area (Å²) in [5, 5.41) is 52.0. The van der Waals surface area contributed by atoms with Gasteiger partial charge in [0.1, 0.15) is 41.7 Å². The van der Waals surface area contributed by atoms with Crippen molar-refractivity contribution in [3.8, 4) is 0 Å². The number of aliphatic hydroxyl groups excluding tert-OH is 2. The maximum atomic E-state index is 13.7. The molecule has 4 bridgehead atoms. The van der Waals surface area contributed by atoms with Gasteiger partial charge in [-0.25, -0.2) is 0 Å². The standard InChI is InChI=1S/C33H40O15/c1-14(34)44-23(17-7-8-42-11-17)28(6)19-10-27(5)47-25-31(19,48-27)33(41,22(39)21(28)38)29-13-43-20(37)9-18(29)26(4)12-30(29,40)32(25,46-16(3)36)24(26)45-15(2)35/h7-8,11,18-19,21-25,38-41H,9-10,12-13H2,1-6H3/t18-,19+,21-,22+,23-,24-,25-,26+,27?,28-,29+,30+,31+,32-,33-/m0/s1. The van der Waals surface area contributed by atoms with Crippen molar-refractivity contribution in [2.45, 2.75) is 120 Å². The number of rotatable bonds is 5. The van der Waals surface area contributed by atoms with Crippen LogP contribution in [0, 0.1) is 28.1 Å². The van der Waals surface area contributed by atoms with Gasteiger partial charge in [-0.3, -0.25) is 19.2 Å². The lowest BCUT2D eigenvalue weighted by Crippen LogP contribution is -2.97. The summed E-state index contributed by atoms with van der Waals surface area (Å²) in [7, 11) is 0. The maximum Gasteiger partial charge on any atom is 0.306 e. The molecule has 0 radical (unpaired) electrons. The maximum absolute atomic E-state index is 13.7. The van der Waals surface area contributed by atoms with Crippen LogP contribution in [0.2, 0.25) is 0 Å². The van der Waals surface area contributed by atoms with Gasteiger partial charge in [-0.15, -0.1) is 0 Å². The van der Waals surface area contributed by atoms with Gasteiger partial charge in [-0.1, -0.05) is 13.8 Å². The minimum Gasteiger partial charge on any atom is -0.472 e. The largest absolute Gasteiger partial charge is 0.472 e. The van der Waals surface area contributed by atoms with Gasteiger partial charge < -0.3 is 53.3 Å². The van der Waals surface area contributed by atoms with Crippen molar-refractivity contribution in [2.24, 2.45) is 28.1 Å². The number of aliphatic hydroxyl groups is 4. The number of hydrogen-bond acceptors (Lipinski definition) is 15. The smallest absolute Gasteiger partial charge is 0.306 e. The Morgan fingerprint density at radius 1 is 1.00 bits per heavy atom. The summed E-state index contributed by atoms with van der Waals surface area (Å²) in [5.41, 5.74) is -14.2. The lowest BCUT2D eigenvalue weighted by atomic mass is 9.32. The summed E-state index contributed by atoms with van der Waals surface area (Å²) in [6, 6.07) is 1.54. The molecule has 4 N–H and O–H groups in total. The number of esters is 4. The fourth-order valence-corrected chi connectivity index (χ4v) is 12.4. The fourth-order valence-electron chi connectivity index (χ4n) is 12.4. The molecule has 0 amide bonds. The van der Waals surface area contributed by atoms with Gasteiger partial charge in [-0.05, 0) is 25.3 Å². The zero-order valence-electron chi connectivity index (χ0n) is 27.4. The third-order valence-electron chi connectivity index (χ3n) is 13.5. The predicted octanol–water partition coefficient (Wildman–Crippen LogP) is 0.198. The Bertz CT molecular complexity index is 1640. The quantitative estimate of drug-likeness (QED) is 0.242. The topological polar surface area (TPSA) is 218 Å². The Kier molecular flexibility index (Phi) is 6.01. The molecule has 7 aliphatic rings. The molecular formula is C33H40O15. The molecule has 3 saturated heterocycles. The summed E-state index contributed by atoms with van der Waals surface area (Å²) < 4.78 is 42.6. The predicted molar refractivity (Wildman–Crippen MR) is 153 cm³/mol. The average molecular weight is 677 g/mol. The first-order chi connectivity index (χ1) is 22.3.